The average Bonchev–Trinajstić information content (AvgIpc) is 2.61. The van der Waals surface area contributed by atoms with Gasteiger partial charge in [0, 0.05) is 5.92 Å². The molecule has 0 spiro atoms. The number of hydrogen-bond donors (Lipinski definition) is 0. The highest BCUT2D eigenvalue weighted by molar-refractivity contribution is 6.01. The topological polar surface area (TPSA) is 0 Å². The van der Waals surface area contributed by atoms with Crippen LogP contribution in [0.1, 0.15) is 35.1 Å². The van der Waals surface area contributed by atoms with Crippen LogP contribution in [0.5, 0.6) is 0 Å². The van der Waals surface area contributed by atoms with Crippen molar-refractivity contribution in [2.24, 2.45) is 5.92 Å². The highest BCUT2D eigenvalue weighted by atomic mass is 14.3. The lowest BCUT2D eigenvalue weighted by Gasteiger charge is -2.34. The summed E-state index contributed by atoms with van der Waals surface area (Å²) in [6.07, 6.45) is 7.11. The third kappa shape index (κ3) is 1.78. The van der Waals surface area contributed by atoms with Crippen LogP contribution >= 0.6 is 0 Å². The Morgan fingerprint density at radius 1 is 0.826 bits per heavy atom. The van der Waals surface area contributed by atoms with Gasteiger partial charge in [0.15, 0.2) is 0 Å². The van der Waals surface area contributed by atoms with Gasteiger partial charge in [-0.1, -0.05) is 79.7 Å². The molecule has 3 aromatic carbocycles. The molecule has 0 N–H and O–H groups in total. The van der Waals surface area contributed by atoms with E-state index in [1.807, 2.05) is 0 Å². The molecule has 2 atom stereocenters. The van der Waals surface area contributed by atoms with Gasteiger partial charge in [-0.25, -0.2) is 0 Å². The zero-order valence-corrected chi connectivity index (χ0v) is 13.2. The lowest BCUT2D eigenvalue weighted by molar-refractivity contribution is 0.656. The Morgan fingerprint density at radius 2 is 1.65 bits per heavy atom. The molecular weight excluding hydrogens is 276 g/mol. The van der Waals surface area contributed by atoms with Crippen LogP contribution in [-0.4, -0.2) is 0 Å². The molecule has 2 aliphatic carbocycles. The minimum Gasteiger partial charge on any atom is -0.0758 e. The molecule has 0 saturated carbocycles. The monoisotopic (exact) mass is 294 g/mol. The molecular formula is C23H18. The summed E-state index contributed by atoms with van der Waals surface area (Å²) in [5.74, 6) is 0.998. The molecule has 5 rings (SSSR count). The fourth-order valence-corrected chi connectivity index (χ4v) is 4.23. The summed E-state index contributed by atoms with van der Waals surface area (Å²) in [7, 11) is 0. The van der Waals surface area contributed by atoms with Gasteiger partial charge in [-0.05, 0) is 50.6 Å². The van der Waals surface area contributed by atoms with Gasteiger partial charge < -0.3 is 0 Å². The third-order valence-electron chi connectivity index (χ3n) is 5.45. The fourth-order valence-electron chi connectivity index (χ4n) is 4.23. The SMILES string of the molecule is CC1c2ccc3ccccc3c2C=C2c3ccccc3C=CC21. The van der Waals surface area contributed by atoms with Gasteiger partial charge in [-0.3, -0.25) is 0 Å². The second kappa shape index (κ2) is 4.70. The van der Waals surface area contributed by atoms with Crippen molar-refractivity contribution in [1.82, 2.24) is 0 Å². The smallest absolute Gasteiger partial charge is 0.00939 e. The summed E-state index contributed by atoms with van der Waals surface area (Å²) < 4.78 is 0. The van der Waals surface area contributed by atoms with Crippen molar-refractivity contribution >= 4 is 28.5 Å². The van der Waals surface area contributed by atoms with Crippen molar-refractivity contribution in [3.05, 3.63) is 89.0 Å². The predicted octanol–water partition coefficient (Wildman–Crippen LogP) is 6.14. The number of hydrogen-bond acceptors (Lipinski definition) is 0. The Hall–Kier alpha value is -2.60. The van der Waals surface area contributed by atoms with E-state index < -0.39 is 0 Å². The minimum absolute atomic E-state index is 0.485. The van der Waals surface area contributed by atoms with Gasteiger partial charge in [0.2, 0.25) is 0 Å². The summed E-state index contributed by atoms with van der Waals surface area (Å²) in [6.45, 7) is 2.36. The summed E-state index contributed by atoms with van der Waals surface area (Å²) in [5, 5.41) is 2.70. The van der Waals surface area contributed by atoms with E-state index in [1.165, 1.54) is 38.6 Å². The number of fused-ring (bicyclic) bond motifs is 6. The van der Waals surface area contributed by atoms with Gasteiger partial charge in [-0.15, -0.1) is 0 Å². The first kappa shape index (κ1) is 12.9. The van der Waals surface area contributed by atoms with E-state index in [2.05, 4.69) is 85.8 Å². The lowest BCUT2D eigenvalue weighted by atomic mass is 9.70. The molecule has 2 aliphatic rings. The van der Waals surface area contributed by atoms with Crippen LogP contribution in [0.4, 0.5) is 0 Å². The van der Waals surface area contributed by atoms with Crippen LogP contribution in [0.3, 0.4) is 0 Å². The Labute approximate surface area is 136 Å². The van der Waals surface area contributed by atoms with E-state index in [0.29, 0.717) is 11.8 Å². The molecule has 0 amide bonds. The predicted molar refractivity (Wildman–Crippen MR) is 99.2 cm³/mol. The highest BCUT2D eigenvalue weighted by Crippen LogP contribution is 2.48. The Kier molecular flexibility index (Phi) is 2.63. The average molecular weight is 294 g/mol. The highest BCUT2D eigenvalue weighted by Gasteiger charge is 2.30. The first-order valence-corrected chi connectivity index (χ1v) is 8.34. The van der Waals surface area contributed by atoms with Crippen molar-refractivity contribution in [3.8, 4) is 0 Å². The summed E-state index contributed by atoms with van der Waals surface area (Å²) in [5.41, 5.74) is 7.09. The maximum Gasteiger partial charge on any atom is 0.00939 e. The molecule has 0 fully saturated rings. The van der Waals surface area contributed by atoms with Crippen molar-refractivity contribution in [2.45, 2.75) is 12.8 Å². The molecule has 110 valence electrons. The van der Waals surface area contributed by atoms with Gasteiger partial charge in [0.25, 0.3) is 0 Å². The molecule has 0 saturated heterocycles. The normalized spacial score (nSPS) is 21.3. The Morgan fingerprint density at radius 3 is 2.61 bits per heavy atom. The second-order valence-corrected chi connectivity index (χ2v) is 6.65. The number of rotatable bonds is 0. The van der Waals surface area contributed by atoms with E-state index in [4.69, 9.17) is 0 Å². The largest absolute Gasteiger partial charge is 0.0758 e. The van der Waals surface area contributed by atoms with Crippen LogP contribution in [0.25, 0.3) is 28.5 Å². The quantitative estimate of drug-likeness (QED) is 0.467. The van der Waals surface area contributed by atoms with Gasteiger partial charge in [0.1, 0.15) is 0 Å². The Balaban J connectivity index is 1.84. The van der Waals surface area contributed by atoms with Crippen LogP contribution in [-0.2, 0) is 0 Å². The molecule has 2 unspecified atom stereocenters. The molecule has 3 aromatic rings. The molecule has 23 heavy (non-hydrogen) atoms. The van der Waals surface area contributed by atoms with Crippen molar-refractivity contribution in [1.29, 1.82) is 0 Å². The lowest BCUT2D eigenvalue weighted by Crippen LogP contribution is -2.18. The standard InChI is InChI=1S/C23H18/c1-15-18-12-10-16-6-2-4-8-20(16)22(18)14-23-19(15)13-11-17-7-3-5-9-21(17)23/h2-15,18H,1H3. The molecule has 0 heteroatoms. The van der Waals surface area contributed by atoms with Crippen LogP contribution in [0, 0.1) is 5.92 Å². The van der Waals surface area contributed by atoms with Crippen LogP contribution in [0.15, 0.2) is 66.7 Å². The summed E-state index contributed by atoms with van der Waals surface area (Å²) in [6, 6.07) is 22.1. The van der Waals surface area contributed by atoms with E-state index in [0.717, 1.165) is 0 Å². The zero-order valence-electron chi connectivity index (χ0n) is 13.2. The molecule has 0 aliphatic heterocycles. The van der Waals surface area contributed by atoms with E-state index in [1.54, 1.807) is 0 Å². The molecule has 0 bridgehead atoms. The van der Waals surface area contributed by atoms with E-state index in [-0.39, 0.29) is 0 Å². The van der Waals surface area contributed by atoms with Crippen molar-refractivity contribution in [3.63, 3.8) is 0 Å². The van der Waals surface area contributed by atoms with Gasteiger partial charge in [0.05, 0.1) is 0 Å². The molecule has 0 heterocycles. The van der Waals surface area contributed by atoms with E-state index >= 15 is 0 Å². The maximum absolute atomic E-state index is 2.44. The maximum atomic E-state index is 2.44. The second-order valence-electron chi connectivity index (χ2n) is 6.65. The summed E-state index contributed by atoms with van der Waals surface area (Å²) in [4.78, 5) is 0. The van der Waals surface area contributed by atoms with Gasteiger partial charge >= 0.3 is 0 Å². The molecule has 0 aromatic heterocycles. The fraction of sp³-hybridized carbons (Fsp3) is 0.130. The number of benzene rings is 3. The zero-order chi connectivity index (χ0) is 15.4. The minimum atomic E-state index is 0.485. The van der Waals surface area contributed by atoms with Crippen LogP contribution < -0.4 is 0 Å². The first-order chi connectivity index (χ1) is 11.3. The van der Waals surface area contributed by atoms with Gasteiger partial charge in [-0.2, -0.15) is 0 Å². The molecule has 0 nitrogen and oxygen atoms in total. The van der Waals surface area contributed by atoms with Crippen molar-refractivity contribution in [2.75, 3.05) is 0 Å². The summed E-state index contributed by atoms with van der Waals surface area (Å²) >= 11 is 0. The first-order valence-electron chi connectivity index (χ1n) is 8.34. The molecule has 0 radical (unpaired) electrons. The third-order valence-corrected chi connectivity index (χ3v) is 5.45. The number of allylic oxidation sites excluding steroid dienone is 2. The van der Waals surface area contributed by atoms with E-state index in [9.17, 15) is 0 Å². The van der Waals surface area contributed by atoms with Crippen LogP contribution in [0.2, 0.25) is 0 Å². The Bertz CT molecular complexity index is 988. The van der Waals surface area contributed by atoms with Crippen molar-refractivity contribution < 1.29 is 0 Å².